The Bertz CT molecular complexity index is 859. The molecule has 2 rings (SSSR count). The van der Waals surface area contributed by atoms with Gasteiger partial charge in [-0.3, -0.25) is 4.79 Å². The van der Waals surface area contributed by atoms with Crippen LogP contribution < -0.4 is 10.6 Å². The molecule has 0 bridgehead atoms. The molecule has 0 aromatic heterocycles. The molecule has 0 aliphatic rings. The van der Waals surface area contributed by atoms with Gasteiger partial charge in [0.25, 0.3) is 0 Å². The van der Waals surface area contributed by atoms with E-state index < -0.39 is 0 Å². The second-order valence-electron chi connectivity index (χ2n) is 9.59. The molecule has 2 N–H and O–H groups in total. The third kappa shape index (κ3) is 12.4. The predicted octanol–water partition coefficient (Wildman–Crippen LogP) is 3.55. The molecule has 0 fully saturated rings. The number of carbonyl (C=O) groups is 2. The van der Waals surface area contributed by atoms with Gasteiger partial charge in [-0.15, -0.1) is 0 Å². The van der Waals surface area contributed by atoms with Gasteiger partial charge in [-0.1, -0.05) is 74.5 Å². The number of rotatable bonds is 15. The summed E-state index contributed by atoms with van der Waals surface area (Å²) in [5.74, 6) is 0.280. The first-order chi connectivity index (χ1) is 16.8. The van der Waals surface area contributed by atoms with Crippen LogP contribution in [-0.4, -0.2) is 74.7 Å². The monoisotopic (exact) mass is 482 g/mol. The average molecular weight is 483 g/mol. The van der Waals surface area contributed by atoms with Crippen molar-refractivity contribution in [2.24, 2.45) is 5.92 Å². The van der Waals surface area contributed by atoms with Gasteiger partial charge >= 0.3 is 6.03 Å². The first kappa shape index (κ1) is 28.3. The molecule has 2 aromatic rings. The largest absolute Gasteiger partial charge is 0.375 e. The number of ether oxygens (including phenoxy) is 1. The van der Waals surface area contributed by atoms with Crippen molar-refractivity contribution in [3.63, 3.8) is 0 Å². The highest BCUT2D eigenvalue weighted by Crippen LogP contribution is 2.08. The summed E-state index contributed by atoms with van der Waals surface area (Å²) >= 11 is 0. The van der Waals surface area contributed by atoms with E-state index in [1.54, 1.807) is 4.90 Å². The molecule has 2 aromatic carbocycles. The van der Waals surface area contributed by atoms with Crippen molar-refractivity contribution in [1.82, 2.24) is 20.4 Å². The van der Waals surface area contributed by atoms with E-state index in [-0.39, 0.29) is 24.5 Å². The Morgan fingerprint density at radius 3 is 2.14 bits per heavy atom. The summed E-state index contributed by atoms with van der Waals surface area (Å²) in [6.45, 7) is 6.95. The molecule has 3 amide bonds. The van der Waals surface area contributed by atoms with E-state index in [1.807, 2.05) is 79.7 Å². The molecule has 0 saturated heterocycles. The highest BCUT2D eigenvalue weighted by Gasteiger charge is 2.21. The van der Waals surface area contributed by atoms with Gasteiger partial charge in [-0.25, -0.2) is 4.79 Å². The number of hydrogen-bond donors (Lipinski definition) is 2. The molecular weight excluding hydrogens is 440 g/mol. The number of nitrogens with one attached hydrogen (secondary N) is 2. The third-order valence-electron chi connectivity index (χ3n) is 5.56. The fraction of sp³-hybridized carbons (Fsp3) is 0.500. The first-order valence-electron chi connectivity index (χ1n) is 12.5. The number of carbonyl (C=O) groups excluding carboxylic acids is 2. The maximum Gasteiger partial charge on any atom is 0.318 e. The topological polar surface area (TPSA) is 73.9 Å². The summed E-state index contributed by atoms with van der Waals surface area (Å²) in [7, 11) is 3.92. The fourth-order valence-electron chi connectivity index (χ4n) is 3.52. The number of hydrogen-bond acceptors (Lipinski definition) is 4. The van der Waals surface area contributed by atoms with Crippen LogP contribution in [0.25, 0.3) is 0 Å². The Kier molecular flexibility index (Phi) is 12.9. The molecule has 0 heterocycles. The molecule has 0 aliphatic carbocycles. The molecule has 0 spiro atoms. The van der Waals surface area contributed by atoms with Crippen molar-refractivity contribution in [3.05, 3.63) is 71.8 Å². The number of urea groups is 1. The number of nitrogens with zero attached hydrogens (tertiary/aromatic N) is 2. The smallest absolute Gasteiger partial charge is 0.318 e. The van der Waals surface area contributed by atoms with E-state index in [0.29, 0.717) is 38.6 Å². The van der Waals surface area contributed by atoms with Crippen LogP contribution in [-0.2, 0) is 22.6 Å². The van der Waals surface area contributed by atoms with Crippen LogP contribution in [0.3, 0.4) is 0 Å². The molecular formula is C28H42N4O3. The minimum Gasteiger partial charge on any atom is -0.375 e. The Balaban J connectivity index is 2.01. The zero-order chi connectivity index (χ0) is 25.5. The SMILES string of the molecule is CC(C)CCN(CC(=O)NCCN(C)C)C(=O)NC(COCc1ccccc1)Cc1ccccc1. The minimum absolute atomic E-state index is 0.0366. The van der Waals surface area contributed by atoms with Crippen molar-refractivity contribution in [2.75, 3.05) is 46.9 Å². The quantitative estimate of drug-likeness (QED) is 0.407. The summed E-state index contributed by atoms with van der Waals surface area (Å²) < 4.78 is 5.97. The van der Waals surface area contributed by atoms with Crippen LogP contribution in [0.4, 0.5) is 4.79 Å². The van der Waals surface area contributed by atoms with Crippen molar-refractivity contribution >= 4 is 11.9 Å². The maximum absolute atomic E-state index is 13.3. The lowest BCUT2D eigenvalue weighted by Gasteiger charge is -2.27. The zero-order valence-corrected chi connectivity index (χ0v) is 21.7. The van der Waals surface area contributed by atoms with Gasteiger partial charge < -0.3 is 25.2 Å². The Labute approximate surface area is 210 Å². The normalized spacial score (nSPS) is 11.9. The van der Waals surface area contributed by atoms with Crippen LogP contribution >= 0.6 is 0 Å². The molecule has 0 radical (unpaired) electrons. The molecule has 0 saturated carbocycles. The van der Waals surface area contributed by atoms with E-state index in [1.165, 1.54) is 0 Å². The highest BCUT2D eigenvalue weighted by molar-refractivity contribution is 5.84. The highest BCUT2D eigenvalue weighted by atomic mass is 16.5. The van der Waals surface area contributed by atoms with Gasteiger partial charge in [0.2, 0.25) is 5.91 Å². The lowest BCUT2D eigenvalue weighted by Crippen LogP contribution is -2.51. The average Bonchev–Trinajstić information content (AvgIpc) is 2.82. The van der Waals surface area contributed by atoms with Crippen LogP contribution in [0, 0.1) is 5.92 Å². The molecule has 0 aliphatic heterocycles. The van der Waals surface area contributed by atoms with Crippen LogP contribution in [0.1, 0.15) is 31.4 Å². The van der Waals surface area contributed by atoms with Crippen molar-refractivity contribution in [3.8, 4) is 0 Å². The maximum atomic E-state index is 13.3. The van der Waals surface area contributed by atoms with E-state index in [2.05, 4.69) is 24.5 Å². The lowest BCUT2D eigenvalue weighted by molar-refractivity contribution is -0.121. The molecule has 7 nitrogen and oxygen atoms in total. The summed E-state index contributed by atoms with van der Waals surface area (Å²) in [4.78, 5) is 29.4. The van der Waals surface area contributed by atoms with E-state index >= 15 is 0 Å². The molecule has 35 heavy (non-hydrogen) atoms. The van der Waals surface area contributed by atoms with Gasteiger partial charge in [-0.05, 0) is 44.0 Å². The van der Waals surface area contributed by atoms with Crippen molar-refractivity contribution in [1.29, 1.82) is 0 Å². The van der Waals surface area contributed by atoms with Crippen LogP contribution in [0.15, 0.2) is 60.7 Å². The van der Waals surface area contributed by atoms with Gasteiger partial charge in [0.15, 0.2) is 0 Å². The number of likely N-dealkylation sites (N-methyl/N-ethyl adjacent to an activating group) is 1. The fourth-order valence-corrected chi connectivity index (χ4v) is 3.52. The predicted molar refractivity (Wildman–Crippen MR) is 141 cm³/mol. The second-order valence-corrected chi connectivity index (χ2v) is 9.59. The summed E-state index contributed by atoms with van der Waals surface area (Å²) in [6, 6.07) is 19.6. The number of amides is 3. The molecule has 192 valence electrons. The molecule has 7 heteroatoms. The van der Waals surface area contributed by atoms with E-state index in [0.717, 1.165) is 24.1 Å². The van der Waals surface area contributed by atoms with E-state index in [4.69, 9.17) is 4.74 Å². The van der Waals surface area contributed by atoms with Gasteiger partial charge in [-0.2, -0.15) is 0 Å². The molecule has 1 atom stereocenters. The lowest BCUT2D eigenvalue weighted by atomic mass is 10.1. The minimum atomic E-state index is -0.238. The Morgan fingerprint density at radius 1 is 0.914 bits per heavy atom. The summed E-state index contributed by atoms with van der Waals surface area (Å²) in [5.41, 5.74) is 2.21. The third-order valence-corrected chi connectivity index (χ3v) is 5.56. The van der Waals surface area contributed by atoms with Crippen molar-refractivity contribution in [2.45, 2.75) is 39.3 Å². The van der Waals surface area contributed by atoms with Gasteiger partial charge in [0.1, 0.15) is 6.54 Å². The van der Waals surface area contributed by atoms with Crippen LogP contribution in [0.5, 0.6) is 0 Å². The summed E-state index contributed by atoms with van der Waals surface area (Å²) in [5, 5.41) is 6.03. The summed E-state index contributed by atoms with van der Waals surface area (Å²) in [6.07, 6.45) is 1.47. The Hall–Kier alpha value is -2.90. The van der Waals surface area contributed by atoms with Gasteiger partial charge in [0, 0.05) is 19.6 Å². The van der Waals surface area contributed by atoms with Gasteiger partial charge in [0.05, 0.1) is 19.3 Å². The van der Waals surface area contributed by atoms with Crippen LogP contribution in [0.2, 0.25) is 0 Å². The van der Waals surface area contributed by atoms with E-state index in [9.17, 15) is 9.59 Å². The standard InChI is InChI=1S/C28H42N4O3/c1-23(2)15-17-32(20-27(33)29-16-18-31(3)4)28(34)30-26(19-24-11-7-5-8-12-24)22-35-21-25-13-9-6-10-14-25/h5-14,23,26H,15-22H2,1-4H3,(H,29,33)(H,30,34). The number of benzene rings is 2. The first-order valence-corrected chi connectivity index (χ1v) is 12.5. The Morgan fingerprint density at radius 2 is 1.54 bits per heavy atom. The van der Waals surface area contributed by atoms with Crippen molar-refractivity contribution < 1.29 is 14.3 Å². The second kappa shape index (κ2) is 15.9. The molecule has 1 unspecified atom stereocenters. The zero-order valence-electron chi connectivity index (χ0n) is 21.7.